The van der Waals surface area contributed by atoms with E-state index in [1.165, 1.54) is 0 Å². The van der Waals surface area contributed by atoms with E-state index in [9.17, 15) is 5.26 Å². The summed E-state index contributed by atoms with van der Waals surface area (Å²) in [5.41, 5.74) is 4.13. The molecule has 1 heterocycles. The van der Waals surface area contributed by atoms with E-state index in [1.54, 1.807) is 6.07 Å². The Balaban J connectivity index is 2.32. The van der Waals surface area contributed by atoms with Crippen LogP contribution >= 0.6 is 0 Å². The Bertz CT molecular complexity index is 1140. The van der Waals surface area contributed by atoms with E-state index in [0.717, 1.165) is 27.5 Å². The fourth-order valence-electron chi connectivity index (χ4n) is 2.73. The van der Waals surface area contributed by atoms with Crippen molar-refractivity contribution in [2.75, 3.05) is 0 Å². The number of fused-ring (bicyclic) bond motifs is 4. The quantitative estimate of drug-likeness (QED) is 0.422. The van der Waals surface area contributed by atoms with Crippen LogP contribution in [0.4, 0.5) is 0 Å². The van der Waals surface area contributed by atoms with E-state index in [0.29, 0.717) is 16.7 Å². The zero-order chi connectivity index (χ0) is 15.8. The lowest BCUT2D eigenvalue weighted by Gasteiger charge is -2.04. The van der Waals surface area contributed by atoms with Gasteiger partial charge in [-0.2, -0.15) is 5.26 Å². The summed E-state index contributed by atoms with van der Waals surface area (Å²) in [6.45, 7) is 1.89. The largest absolute Gasteiger partial charge is 0.453 e. The molecule has 0 fully saturated rings. The molecule has 3 aromatic carbocycles. The van der Waals surface area contributed by atoms with Crippen LogP contribution in [-0.4, -0.2) is 0 Å². The number of aryl methyl sites for hydroxylation is 1. The molecule has 0 spiro atoms. The molecule has 0 radical (unpaired) electrons. The van der Waals surface area contributed by atoms with E-state index < -0.39 is 0 Å². The molecule has 0 unspecified atom stereocenters. The molecule has 0 saturated carbocycles. The minimum absolute atomic E-state index is 0.550. The van der Waals surface area contributed by atoms with Crippen LogP contribution in [0.2, 0.25) is 0 Å². The number of hydrogen-bond donors (Lipinski definition) is 0. The van der Waals surface area contributed by atoms with E-state index in [-0.39, 0.29) is 0 Å². The van der Waals surface area contributed by atoms with Gasteiger partial charge in [0, 0.05) is 16.8 Å². The van der Waals surface area contributed by atoms with Gasteiger partial charge >= 0.3 is 0 Å². The zero-order valence-corrected chi connectivity index (χ0v) is 12.5. The molecule has 0 aliphatic heterocycles. The smallest absolute Gasteiger partial charge is 0.171 e. The second-order valence-corrected chi connectivity index (χ2v) is 5.42. The molecule has 4 aromatic rings. The lowest BCUT2D eigenvalue weighted by molar-refractivity contribution is 0.618. The fourth-order valence-corrected chi connectivity index (χ4v) is 2.73. The van der Waals surface area contributed by atoms with Gasteiger partial charge in [0.2, 0.25) is 0 Å². The van der Waals surface area contributed by atoms with Crippen molar-refractivity contribution in [1.29, 1.82) is 5.26 Å². The summed E-state index contributed by atoms with van der Waals surface area (Å²) in [7, 11) is 0. The van der Waals surface area contributed by atoms with Crippen molar-refractivity contribution in [2.24, 2.45) is 0 Å². The molecule has 110 valence electrons. The molecule has 0 saturated heterocycles. The first-order chi connectivity index (χ1) is 11.3. The molecule has 1 aromatic heterocycles. The Kier molecular flexibility index (Phi) is 3.03. The molecule has 3 heteroatoms. The van der Waals surface area contributed by atoms with Gasteiger partial charge in [-0.15, -0.1) is 0 Å². The molecule has 3 nitrogen and oxygen atoms in total. The third kappa shape index (κ3) is 2.21. The highest BCUT2D eigenvalue weighted by Gasteiger charge is 2.07. The predicted octanol–water partition coefficient (Wildman–Crippen LogP) is 5.64. The van der Waals surface area contributed by atoms with Crippen molar-refractivity contribution >= 4 is 33.1 Å². The van der Waals surface area contributed by atoms with Crippen LogP contribution in [-0.2, 0) is 0 Å². The van der Waals surface area contributed by atoms with Crippen molar-refractivity contribution in [2.45, 2.75) is 6.92 Å². The number of nitrogens with zero attached hydrogens (tertiary/aromatic N) is 1. The molecule has 0 aliphatic rings. The molecular weight excluding hydrogens is 286 g/mol. The molecule has 4 rings (SSSR count). The summed E-state index contributed by atoms with van der Waals surface area (Å²) in [5, 5.41) is 11.2. The molecule has 23 heavy (non-hydrogen) atoms. The summed E-state index contributed by atoms with van der Waals surface area (Å²) < 4.78 is 12.1. The zero-order valence-electron chi connectivity index (χ0n) is 12.5. The van der Waals surface area contributed by atoms with Crippen molar-refractivity contribution in [1.82, 2.24) is 0 Å². The van der Waals surface area contributed by atoms with Crippen LogP contribution in [0.5, 0.6) is 0 Å². The normalized spacial score (nSPS) is 10.8. The van der Waals surface area contributed by atoms with Crippen LogP contribution in [0.3, 0.4) is 0 Å². The molecule has 0 bridgehead atoms. The SMILES string of the molecule is Cc1cc2oc3ccccc3c3ccccc3oc2cc1C#N. The topological polar surface area (TPSA) is 50.1 Å². The van der Waals surface area contributed by atoms with Gasteiger partial charge in [-0.25, -0.2) is 0 Å². The molecular formula is C20H13NO2. The Hall–Kier alpha value is -3.25. The van der Waals surface area contributed by atoms with Gasteiger partial charge in [-0.1, -0.05) is 36.4 Å². The van der Waals surface area contributed by atoms with Gasteiger partial charge in [0.15, 0.2) is 11.2 Å². The van der Waals surface area contributed by atoms with E-state index in [2.05, 4.69) is 6.07 Å². The maximum atomic E-state index is 9.25. The summed E-state index contributed by atoms with van der Waals surface area (Å²) in [6, 6.07) is 21.5. The number of nitriles is 1. The third-order valence-corrected chi connectivity index (χ3v) is 3.92. The van der Waals surface area contributed by atoms with Crippen molar-refractivity contribution in [3.8, 4) is 6.07 Å². The summed E-state index contributed by atoms with van der Waals surface area (Å²) in [4.78, 5) is 0. The highest BCUT2D eigenvalue weighted by Crippen LogP contribution is 2.28. The van der Waals surface area contributed by atoms with Crippen LogP contribution in [0.15, 0.2) is 69.5 Å². The summed E-state index contributed by atoms with van der Waals surface area (Å²) in [6.07, 6.45) is 0. The highest BCUT2D eigenvalue weighted by atomic mass is 16.4. The third-order valence-electron chi connectivity index (χ3n) is 3.92. The average molecular weight is 299 g/mol. The molecule has 0 amide bonds. The Morgan fingerprint density at radius 2 is 1.26 bits per heavy atom. The Labute approximate surface area is 132 Å². The van der Waals surface area contributed by atoms with Crippen LogP contribution < -0.4 is 0 Å². The van der Waals surface area contributed by atoms with Gasteiger partial charge in [-0.05, 0) is 30.7 Å². The van der Waals surface area contributed by atoms with E-state index in [4.69, 9.17) is 8.83 Å². The van der Waals surface area contributed by atoms with E-state index in [1.807, 2.05) is 61.5 Å². The molecule has 0 atom stereocenters. The van der Waals surface area contributed by atoms with Gasteiger partial charge in [0.05, 0.1) is 11.6 Å². The second-order valence-electron chi connectivity index (χ2n) is 5.42. The van der Waals surface area contributed by atoms with Crippen LogP contribution in [0.25, 0.3) is 33.1 Å². The molecule has 0 aliphatic carbocycles. The van der Waals surface area contributed by atoms with Gasteiger partial charge < -0.3 is 8.83 Å². The first-order valence-corrected chi connectivity index (χ1v) is 7.35. The standard InChI is InChI=1S/C20H13NO2/c1-13-10-19-20(11-14(13)12-21)23-18-9-5-3-7-16(18)15-6-2-4-8-17(15)22-19/h2-11H,1H3. The number of para-hydroxylation sites is 2. The number of hydrogen-bond acceptors (Lipinski definition) is 3. The maximum Gasteiger partial charge on any atom is 0.171 e. The lowest BCUT2D eigenvalue weighted by atomic mass is 10.1. The second kappa shape index (κ2) is 5.19. The number of benzene rings is 3. The molecule has 0 N–H and O–H groups in total. The Morgan fingerprint density at radius 1 is 0.739 bits per heavy atom. The summed E-state index contributed by atoms with van der Waals surface area (Å²) >= 11 is 0. The summed E-state index contributed by atoms with van der Waals surface area (Å²) in [5.74, 6) is 0. The minimum atomic E-state index is 0.550. The lowest BCUT2D eigenvalue weighted by Crippen LogP contribution is -1.83. The van der Waals surface area contributed by atoms with Crippen molar-refractivity contribution in [3.63, 3.8) is 0 Å². The average Bonchev–Trinajstić information content (AvgIpc) is 2.57. The monoisotopic (exact) mass is 299 g/mol. The Morgan fingerprint density at radius 3 is 1.83 bits per heavy atom. The predicted molar refractivity (Wildman–Crippen MR) is 90.6 cm³/mol. The van der Waals surface area contributed by atoms with Crippen LogP contribution in [0, 0.1) is 18.3 Å². The maximum absolute atomic E-state index is 9.25. The van der Waals surface area contributed by atoms with Gasteiger partial charge in [-0.3, -0.25) is 0 Å². The number of rotatable bonds is 0. The van der Waals surface area contributed by atoms with Crippen molar-refractivity contribution < 1.29 is 8.83 Å². The van der Waals surface area contributed by atoms with E-state index >= 15 is 0 Å². The highest BCUT2D eigenvalue weighted by molar-refractivity contribution is 6.02. The first-order valence-electron chi connectivity index (χ1n) is 7.35. The van der Waals surface area contributed by atoms with Gasteiger partial charge in [0.1, 0.15) is 11.2 Å². The van der Waals surface area contributed by atoms with Crippen LogP contribution in [0.1, 0.15) is 11.1 Å². The van der Waals surface area contributed by atoms with Gasteiger partial charge in [0.25, 0.3) is 0 Å². The van der Waals surface area contributed by atoms with Crippen molar-refractivity contribution in [3.05, 3.63) is 71.8 Å². The minimum Gasteiger partial charge on any atom is -0.453 e. The fraction of sp³-hybridized carbons (Fsp3) is 0.0500. The first kappa shape index (κ1) is 13.4.